The summed E-state index contributed by atoms with van der Waals surface area (Å²) in [6.45, 7) is 3.43. The molecule has 0 saturated carbocycles. The van der Waals surface area contributed by atoms with E-state index in [1.165, 1.54) is 6.42 Å². The van der Waals surface area contributed by atoms with E-state index in [0.29, 0.717) is 6.61 Å². The molecule has 0 spiro atoms. The fourth-order valence-corrected chi connectivity index (χ4v) is 2.32. The number of hydrogen-bond acceptors (Lipinski definition) is 3. The predicted molar refractivity (Wildman–Crippen MR) is 77.8 cm³/mol. The van der Waals surface area contributed by atoms with Crippen LogP contribution in [-0.4, -0.2) is 19.8 Å². The quantitative estimate of drug-likeness (QED) is 0.797. The third-order valence-electron chi connectivity index (χ3n) is 3.21. The van der Waals surface area contributed by atoms with Gasteiger partial charge in [-0.25, -0.2) is 0 Å². The molecule has 0 aliphatic heterocycles. The van der Waals surface area contributed by atoms with Crippen LogP contribution in [0.15, 0.2) is 30.4 Å². The molecular formula is C16H23NO2. The average molecular weight is 261 g/mol. The second kappa shape index (κ2) is 7.19. The van der Waals surface area contributed by atoms with Crippen molar-refractivity contribution in [1.82, 2.24) is 5.32 Å². The van der Waals surface area contributed by atoms with E-state index in [4.69, 9.17) is 9.47 Å². The van der Waals surface area contributed by atoms with Gasteiger partial charge in [0.05, 0.1) is 6.61 Å². The summed E-state index contributed by atoms with van der Waals surface area (Å²) in [5, 5.41) is 3.18. The van der Waals surface area contributed by atoms with E-state index >= 15 is 0 Å². The Labute approximate surface area is 115 Å². The number of ether oxygens (including phenoxy) is 2. The number of allylic oxidation sites excluding steroid dienone is 1. The average Bonchev–Trinajstić information content (AvgIpc) is 2.44. The molecule has 0 amide bonds. The van der Waals surface area contributed by atoms with Crippen LogP contribution in [0.2, 0.25) is 0 Å². The van der Waals surface area contributed by atoms with E-state index in [-0.39, 0.29) is 6.10 Å². The molecule has 104 valence electrons. The molecule has 1 aliphatic rings. The lowest BCUT2D eigenvalue weighted by atomic mass is 10.1. The summed E-state index contributed by atoms with van der Waals surface area (Å²) in [5.41, 5.74) is 1.15. The Kier molecular flexibility index (Phi) is 5.28. The topological polar surface area (TPSA) is 30.5 Å². The molecule has 1 unspecified atom stereocenters. The van der Waals surface area contributed by atoms with Gasteiger partial charge in [0.25, 0.3) is 0 Å². The number of para-hydroxylation sites is 1. The number of nitrogens with one attached hydrogen (secondary N) is 1. The summed E-state index contributed by atoms with van der Waals surface area (Å²) < 4.78 is 11.9. The molecule has 1 atom stereocenters. The molecule has 3 heteroatoms. The molecule has 0 fully saturated rings. The zero-order chi connectivity index (χ0) is 13.5. The van der Waals surface area contributed by atoms with Crippen LogP contribution in [0.5, 0.6) is 11.5 Å². The van der Waals surface area contributed by atoms with Gasteiger partial charge in [-0.2, -0.15) is 0 Å². The minimum Gasteiger partial charge on any atom is -0.490 e. The highest BCUT2D eigenvalue weighted by atomic mass is 16.5. The van der Waals surface area contributed by atoms with Gasteiger partial charge in [-0.05, 0) is 45.4 Å². The maximum absolute atomic E-state index is 6.17. The fraction of sp³-hybridized carbons (Fsp3) is 0.500. The van der Waals surface area contributed by atoms with Gasteiger partial charge in [-0.3, -0.25) is 0 Å². The molecule has 3 nitrogen and oxygen atoms in total. The minimum absolute atomic E-state index is 0.172. The lowest BCUT2D eigenvalue weighted by Crippen LogP contribution is -2.18. The second-order valence-electron chi connectivity index (χ2n) is 4.72. The fourth-order valence-electron chi connectivity index (χ4n) is 2.32. The highest BCUT2D eigenvalue weighted by molar-refractivity contribution is 5.47. The van der Waals surface area contributed by atoms with Crippen molar-refractivity contribution in [1.29, 1.82) is 0 Å². The first-order chi connectivity index (χ1) is 9.35. The summed E-state index contributed by atoms with van der Waals surface area (Å²) in [7, 11) is 1.94. The molecule has 0 radical (unpaired) electrons. The maximum atomic E-state index is 6.17. The lowest BCUT2D eigenvalue weighted by Gasteiger charge is -2.22. The Hall–Kier alpha value is -1.48. The van der Waals surface area contributed by atoms with Crippen LogP contribution in [0.25, 0.3) is 0 Å². The van der Waals surface area contributed by atoms with Crippen LogP contribution in [0.1, 0.15) is 31.7 Å². The Balaban J connectivity index is 2.22. The first-order valence-electron chi connectivity index (χ1n) is 7.07. The van der Waals surface area contributed by atoms with E-state index in [0.717, 1.165) is 36.4 Å². The number of rotatable bonds is 6. The number of benzene rings is 1. The van der Waals surface area contributed by atoms with Crippen LogP contribution < -0.4 is 14.8 Å². The predicted octanol–water partition coefficient (Wildman–Crippen LogP) is 3.29. The van der Waals surface area contributed by atoms with Crippen molar-refractivity contribution >= 4 is 0 Å². The summed E-state index contributed by atoms with van der Waals surface area (Å²) in [5.74, 6) is 1.73. The molecule has 0 bridgehead atoms. The van der Waals surface area contributed by atoms with E-state index in [9.17, 15) is 0 Å². The van der Waals surface area contributed by atoms with Crippen molar-refractivity contribution in [3.8, 4) is 11.5 Å². The van der Waals surface area contributed by atoms with Gasteiger partial charge in [0.2, 0.25) is 0 Å². The van der Waals surface area contributed by atoms with Crippen molar-refractivity contribution in [2.45, 2.75) is 38.8 Å². The largest absolute Gasteiger partial charge is 0.490 e. The summed E-state index contributed by atoms with van der Waals surface area (Å²) in [4.78, 5) is 0. The Bertz CT molecular complexity index is 405. The molecule has 0 aromatic heterocycles. The Morgan fingerprint density at radius 3 is 2.95 bits per heavy atom. The van der Waals surface area contributed by atoms with E-state index in [1.54, 1.807) is 0 Å². The molecule has 1 aromatic rings. The SMILES string of the molecule is CCOc1cccc(CNC)c1OC1C=CCCC1. The van der Waals surface area contributed by atoms with Crippen LogP contribution in [0.3, 0.4) is 0 Å². The first kappa shape index (κ1) is 13.9. The second-order valence-corrected chi connectivity index (χ2v) is 4.72. The Morgan fingerprint density at radius 1 is 1.37 bits per heavy atom. The van der Waals surface area contributed by atoms with Crippen molar-refractivity contribution < 1.29 is 9.47 Å². The zero-order valence-corrected chi connectivity index (χ0v) is 11.8. The molecule has 19 heavy (non-hydrogen) atoms. The van der Waals surface area contributed by atoms with E-state index in [1.807, 2.05) is 26.1 Å². The van der Waals surface area contributed by atoms with E-state index in [2.05, 4.69) is 23.5 Å². The number of hydrogen-bond donors (Lipinski definition) is 1. The van der Waals surface area contributed by atoms with Crippen LogP contribution in [0, 0.1) is 0 Å². The normalized spacial score (nSPS) is 18.3. The monoisotopic (exact) mass is 261 g/mol. The molecule has 0 saturated heterocycles. The molecule has 1 N–H and O–H groups in total. The van der Waals surface area contributed by atoms with Crippen LogP contribution in [0.4, 0.5) is 0 Å². The van der Waals surface area contributed by atoms with Crippen molar-refractivity contribution in [3.05, 3.63) is 35.9 Å². The summed E-state index contributed by atoms with van der Waals surface area (Å²) in [6.07, 6.45) is 7.97. The molecule has 1 aliphatic carbocycles. The standard InChI is InChI=1S/C16H23NO2/c1-3-18-15-11-7-8-13(12-17-2)16(15)19-14-9-5-4-6-10-14/h5,7-9,11,14,17H,3-4,6,10,12H2,1-2H3. The van der Waals surface area contributed by atoms with Gasteiger partial charge in [-0.15, -0.1) is 0 Å². The van der Waals surface area contributed by atoms with Crippen LogP contribution in [-0.2, 0) is 6.54 Å². The smallest absolute Gasteiger partial charge is 0.166 e. The molecular weight excluding hydrogens is 238 g/mol. The van der Waals surface area contributed by atoms with Gasteiger partial charge in [0.1, 0.15) is 6.10 Å². The third kappa shape index (κ3) is 3.74. The van der Waals surface area contributed by atoms with Crippen molar-refractivity contribution in [3.63, 3.8) is 0 Å². The molecule has 2 rings (SSSR count). The van der Waals surface area contributed by atoms with Gasteiger partial charge in [0.15, 0.2) is 11.5 Å². The van der Waals surface area contributed by atoms with Crippen LogP contribution >= 0.6 is 0 Å². The summed E-state index contributed by atoms with van der Waals surface area (Å²) >= 11 is 0. The molecule has 0 heterocycles. The summed E-state index contributed by atoms with van der Waals surface area (Å²) in [6, 6.07) is 6.08. The van der Waals surface area contributed by atoms with Gasteiger partial charge >= 0.3 is 0 Å². The minimum atomic E-state index is 0.172. The van der Waals surface area contributed by atoms with Gasteiger partial charge in [-0.1, -0.05) is 18.2 Å². The lowest BCUT2D eigenvalue weighted by molar-refractivity contribution is 0.212. The van der Waals surface area contributed by atoms with Gasteiger partial charge in [0, 0.05) is 12.1 Å². The Morgan fingerprint density at radius 2 is 2.26 bits per heavy atom. The molecule has 1 aromatic carbocycles. The van der Waals surface area contributed by atoms with Crippen molar-refractivity contribution in [2.75, 3.05) is 13.7 Å². The highest BCUT2D eigenvalue weighted by Crippen LogP contribution is 2.33. The highest BCUT2D eigenvalue weighted by Gasteiger charge is 2.16. The first-order valence-corrected chi connectivity index (χ1v) is 7.07. The third-order valence-corrected chi connectivity index (χ3v) is 3.21. The zero-order valence-electron chi connectivity index (χ0n) is 11.8. The van der Waals surface area contributed by atoms with Crippen molar-refractivity contribution in [2.24, 2.45) is 0 Å². The maximum Gasteiger partial charge on any atom is 0.166 e. The van der Waals surface area contributed by atoms with Gasteiger partial charge < -0.3 is 14.8 Å². The van der Waals surface area contributed by atoms with E-state index < -0.39 is 0 Å².